The fourth-order valence-corrected chi connectivity index (χ4v) is 1.14. The molecule has 1 atom stereocenters. The summed E-state index contributed by atoms with van der Waals surface area (Å²) >= 11 is 0. The van der Waals surface area contributed by atoms with Gasteiger partial charge in [-0.25, -0.2) is 0 Å². The Morgan fingerprint density at radius 2 is 2.40 bits per heavy atom. The van der Waals surface area contributed by atoms with E-state index >= 15 is 0 Å². The van der Waals surface area contributed by atoms with E-state index in [9.17, 15) is 4.79 Å². The zero-order valence-corrected chi connectivity index (χ0v) is 8.81. The minimum atomic E-state index is -0.496. The topological polar surface area (TPSA) is 62.2 Å². The van der Waals surface area contributed by atoms with Crippen molar-refractivity contribution in [1.82, 2.24) is 10.3 Å². The first kappa shape index (κ1) is 11.7. The Hall–Kier alpha value is -1.42. The molecule has 0 aromatic carbocycles. The Morgan fingerprint density at radius 3 is 3.00 bits per heavy atom. The normalized spacial score (nSPS) is 12.1. The zero-order valence-electron chi connectivity index (χ0n) is 8.81. The maximum absolute atomic E-state index is 11.3. The van der Waals surface area contributed by atoms with Crippen LogP contribution in [0.4, 0.5) is 0 Å². The second-order valence-electron chi connectivity index (χ2n) is 3.47. The lowest BCUT2D eigenvalue weighted by Gasteiger charge is -2.06. The predicted molar refractivity (Wildman–Crippen MR) is 57.2 cm³/mol. The third-order valence-electron chi connectivity index (χ3n) is 1.93. The third kappa shape index (κ3) is 5.12. The number of nitrogens with one attached hydrogen (secondary N) is 1. The summed E-state index contributed by atoms with van der Waals surface area (Å²) in [7, 11) is 0. The average molecular weight is 208 g/mol. The van der Waals surface area contributed by atoms with Crippen LogP contribution < -0.4 is 5.32 Å². The van der Waals surface area contributed by atoms with Crippen molar-refractivity contribution in [2.45, 2.75) is 25.9 Å². The summed E-state index contributed by atoms with van der Waals surface area (Å²) in [4.78, 5) is 15.4. The van der Waals surface area contributed by atoms with Gasteiger partial charge in [0.05, 0.1) is 6.10 Å². The second kappa shape index (κ2) is 6.14. The number of rotatable bonds is 5. The van der Waals surface area contributed by atoms with Crippen LogP contribution in [0.3, 0.4) is 0 Å². The molecule has 0 radical (unpaired) electrons. The lowest BCUT2D eigenvalue weighted by molar-refractivity contribution is -0.121. The van der Waals surface area contributed by atoms with Crippen molar-refractivity contribution in [3.63, 3.8) is 0 Å². The largest absolute Gasteiger partial charge is 0.392 e. The molecule has 0 fully saturated rings. The molecule has 1 heterocycles. The highest BCUT2D eigenvalue weighted by Gasteiger charge is 2.03. The Balaban J connectivity index is 2.23. The molecule has 1 aromatic rings. The summed E-state index contributed by atoms with van der Waals surface area (Å²) in [5, 5.41) is 11.6. The summed E-state index contributed by atoms with van der Waals surface area (Å²) in [6, 6.07) is 5.63. The van der Waals surface area contributed by atoms with E-state index in [0.29, 0.717) is 19.4 Å². The molecule has 0 bridgehead atoms. The standard InChI is InChI=1S/C11H16N2O2/c1-9(14)8-13-11(15)6-5-10-4-2-3-7-12-10/h2-4,7,9,14H,5-6,8H2,1H3,(H,13,15)/t9-/m1/s1. The highest BCUT2D eigenvalue weighted by molar-refractivity contribution is 5.76. The van der Waals surface area contributed by atoms with E-state index in [1.54, 1.807) is 13.1 Å². The van der Waals surface area contributed by atoms with Crippen molar-refractivity contribution in [1.29, 1.82) is 0 Å². The number of aliphatic hydroxyl groups is 1. The second-order valence-corrected chi connectivity index (χ2v) is 3.47. The molecule has 0 saturated carbocycles. The van der Waals surface area contributed by atoms with Gasteiger partial charge in [-0.15, -0.1) is 0 Å². The fraction of sp³-hybridized carbons (Fsp3) is 0.455. The molecule has 0 unspecified atom stereocenters. The van der Waals surface area contributed by atoms with Crippen LogP contribution in [-0.2, 0) is 11.2 Å². The van der Waals surface area contributed by atoms with Crippen LogP contribution in [0.25, 0.3) is 0 Å². The van der Waals surface area contributed by atoms with Crippen molar-refractivity contribution >= 4 is 5.91 Å². The van der Waals surface area contributed by atoms with Crippen molar-refractivity contribution in [2.75, 3.05) is 6.54 Å². The van der Waals surface area contributed by atoms with Crippen LogP contribution in [-0.4, -0.2) is 28.6 Å². The number of carbonyl (C=O) groups is 1. The van der Waals surface area contributed by atoms with Crippen molar-refractivity contribution in [3.05, 3.63) is 30.1 Å². The molecule has 82 valence electrons. The van der Waals surface area contributed by atoms with E-state index in [-0.39, 0.29) is 5.91 Å². The van der Waals surface area contributed by atoms with Gasteiger partial charge in [-0.3, -0.25) is 9.78 Å². The molecule has 1 amide bonds. The molecule has 1 aromatic heterocycles. The molecule has 2 N–H and O–H groups in total. The van der Waals surface area contributed by atoms with Crippen LogP contribution >= 0.6 is 0 Å². The number of pyridine rings is 1. The molecule has 4 heteroatoms. The number of hydrogen-bond acceptors (Lipinski definition) is 3. The van der Waals surface area contributed by atoms with Crippen molar-refractivity contribution in [3.8, 4) is 0 Å². The van der Waals surface area contributed by atoms with Crippen LogP contribution in [0.2, 0.25) is 0 Å². The average Bonchev–Trinajstić information content (AvgIpc) is 2.25. The molecule has 15 heavy (non-hydrogen) atoms. The third-order valence-corrected chi connectivity index (χ3v) is 1.93. The summed E-state index contributed by atoms with van der Waals surface area (Å²) < 4.78 is 0. The van der Waals surface area contributed by atoms with Crippen LogP contribution in [0.15, 0.2) is 24.4 Å². The Kier molecular flexibility index (Phi) is 4.77. The molecule has 0 aliphatic heterocycles. The van der Waals surface area contributed by atoms with E-state index in [1.165, 1.54) is 0 Å². The summed E-state index contributed by atoms with van der Waals surface area (Å²) in [6.07, 6.45) is 2.25. The van der Waals surface area contributed by atoms with E-state index in [0.717, 1.165) is 5.69 Å². The first-order valence-electron chi connectivity index (χ1n) is 5.03. The molecule has 0 saturated heterocycles. The van der Waals surface area contributed by atoms with E-state index in [1.807, 2.05) is 18.2 Å². The Morgan fingerprint density at radius 1 is 1.60 bits per heavy atom. The molecule has 0 aliphatic rings. The molecule has 0 spiro atoms. The van der Waals surface area contributed by atoms with Crippen LogP contribution in [0.5, 0.6) is 0 Å². The van der Waals surface area contributed by atoms with Gasteiger partial charge in [0.25, 0.3) is 0 Å². The molecular formula is C11H16N2O2. The summed E-state index contributed by atoms with van der Waals surface area (Å²) in [6.45, 7) is 1.94. The maximum Gasteiger partial charge on any atom is 0.220 e. The van der Waals surface area contributed by atoms with E-state index < -0.39 is 6.10 Å². The zero-order chi connectivity index (χ0) is 11.1. The van der Waals surface area contributed by atoms with E-state index in [4.69, 9.17) is 5.11 Å². The van der Waals surface area contributed by atoms with Crippen molar-refractivity contribution < 1.29 is 9.90 Å². The van der Waals surface area contributed by atoms with Gasteiger partial charge in [-0.05, 0) is 25.5 Å². The number of aryl methyl sites for hydroxylation is 1. The smallest absolute Gasteiger partial charge is 0.220 e. The quantitative estimate of drug-likeness (QED) is 0.741. The first-order valence-corrected chi connectivity index (χ1v) is 5.03. The molecule has 4 nitrogen and oxygen atoms in total. The van der Waals surface area contributed by atoms with Gasteiger partial charge in [-0.2, -0.15) is 0 Å². The fourth-order valence-electron chi connectivity index (χ4n) is 1.14. The van der Waals surface area contributed by atoms with Gasteiger partial charge in [0.2, 0.25) is 5.91 Å². The number of amides is 1. The number of carbonyl (C=O) groups excluding carboxylic acids is 1. The number of hydrogen-bond donors (Lipinski definition) is 2. The summed E-state index contributed by atoms with van der Waals surface area (Å²) in [5.41, 5.74) is 0.907. The lowest BCUT2D eigenvalue weighted by Crippen LogP contribution is -2.30. The van der Waals surface area contributed by atoms with Gasteiger partial charge in [0, 0.05) is 24.9 Å². The van der Waals surface area contributed by atoms with Gasteiger partial charge in [0.15, 0.2) is 0 Å². The minimum absolute atomic E-state index is 0.0541. The van der Waals surface area contributed by atoms with E-state index in [2.05, 4.69) is 10.3 Å². The monoisotopic (exact) mass is 208 g/mol. The summed E-state index contributed by atoms with van der Waals surface area (Å²) in [5.74, 6) is -0.0541. The SMILES string of the molecule is C[C@@H](O)CNC(=O)CCc1ccccn1. The predicted octanol–water partition coefficient (Wildman–Crippen LogP) is 0.511. The number of aromatic nitrogens is 1. The molecular weight excluding hydrogens is 192 g/mol. The number of aliphatic hydroxyl groups excluding tert-OH is 1. The van der Waals surface area contributed by atoms with Gasteiger partial charge >= 0.3 is 0 Å². The van der Waals surface area contributed by atoms with Crippen LogP contribution in [0, 0.1) is 0 Å². The minimum Gasteiger partial charge on any atom is -0.392 e. The van der Waals surface area contributed by atoms with Gasteiger partial charge < -0.3 is 10.4 Å². The van der Waals surface area contributed by atoms with Crippen molar-refractivity contribution in [2.24, 2.45) is 0 Å². The molecule has 1 rings (SSSR count). The highest BCUT2D eigenvalue weighted by atomic mass is 16.3. The highest BCUT2D eigenvalue weighted by Crippen LogP contribution is 1.97. The Labute approximate surface area is 89.3 Å². The van der Waals surface area contributed by atoms with Gasteiger partial charge in [-0.1, -0.05) is 6.07 Å². The number of nitrogens with zero attached hydrogens (tertiary/aromatic N) is 1. The van der Waals surface area contributed by atoms with Gasteiger partial charge in [0.1, 0.15) is 0 Å². The van der Waals surface area contributed by atoms with Crippen LogP contribution in [0.1, 0.15) is 19.0 Å². The first-order chi connectivity index (χ1) is 7.18. The Bertz CT molecular complexity index is 299. The maximum atomic E-state index is 11.3. The lowest BCUT2D eigenvalue weighted by atomic mass is 10.2. The molecule has 0 aliphatic carbocycles.